The second kappa shape index (κ2) is 7.19. The standard InChI is InChI=1S/C19H19F3N2O2/c1-18(2,3)24-17(26)13-9-7-12(8-10-13)16(25)23-15-6-4-5-14(11-15)19(20,21)22/h4-11H,1-3H3,(H,23,25)(H,24,26). The summed E-state index contributed by atoms with van der Waals surface area (Å²) in [7, 11) is 0. The quantitative estimate of drug-likeness (QED) is 0.843. The van der Waals surface area contributed by atoms with Crippen LogP contribution >= 0.6 is 0 Å². The van der Waals surface area contributed by atoms with Crippen LogP contribution in [-0.2, 0) is 6.18 Å². The summed E-state index contributed by atoms with van der Waals surface area (Å²) in [5.74, 6) is -0.838. The molecular weight excluding hydrogens is 345 g/mol. The Bertz CT molecular complexity index is 807. The smallest absolute Gasteiger partial charge is 0.347 e. The van der Waals surface area contributed by atoms with Crippen molar-refractivity contribution in [3.8, 4) is 0 Å². The lowest BCUT2D eigenvalue weighted by Crippen LogP contribution is -2.40. The van der Waals surface area contributed by atoms with Crippen molar-refractivity contribution in [2.45, 2.75) is 32.5 Å². The Hall–Kier alpha value is -2.83. The maximum absolute atomic E-state index is 12.7. The Labute approximate surface area is 149 Å². The van der Waals surface area contributed by atoms with Crippen LogP contribution in [0.25, 0.3) is 0 Å². The van der Waals surface area contributed by atoms with Crippen LogP contribution in [0.3, 0.4) is 0 Å². The van der Waals surface area contributed by atoms with Gasteiger partial charge in [-0.15, -0.1) is 0 Å². The molecule has 0 atom stereocenters. The zero-order valence-electron chi connectivity index (χ0n) is 14.6. The van der Waals surface area contributed by atoms with Crippen LogP contribution in [0.15, 0.2) is 48.5 Å². The summed E-state index contributed by atoms with van der Waals surface area (Å²) in [5, 5.41) is 5.22. The lowest BCUT2D eigenvalue weighted by Gasteiger charge is -2.20. The van der Waals surface area contributed by atoms with E-state index in [1.807, 2.05) is 20.8 Å². The molecule has 0 radical (unpaired) electrons. The number of hydrogen-bond acceptors (Lipinski definition) is 2. The molecule has 0 aliphatic rings. The summed E-state index contributed by atoms with van der Waals surface area (Å²) in [6.45, 7) is 5.55. The maximum Gasteiger partial charge on any atom is 0.416 e. The van der Waals surface area contributed by atoms with Gasteiger partial charge in [0.05, 0.1) is 5.56 Å². The minimum absolute atomic E-state index is 0.0411. The minimum atomic E-state index is -4.48. The second-order valence-corrected chi connectivity index (χ2v) is 6.81. The predicted octanol–water partition coefficient (Wildman–Crippen LogP) is 4.49. The van der Waals surface area contributed by atoms with Crippen LogP contribution in [0, 0.1) is 0 Å². The summed E-state index contributed by atoms with van der Waals surface area (Å²) in [6, 6.07) is 10.3. The van der Waals surface area contributed by atoms with Gasteiger partial charge in [0, 0.05) is 22.4 Å². The molecule has 4 nitrogen and oxygen atoms in total. The first-order valence-electron chi connectivity index (χ1n) is 7.87. The predicted molar refractivity (Wildman–Crippen MR) is 93.1 cm³/mol. The molecule has 2 rings (SSSR count). The van der Waals surface area contributed by atoms with Gasteiger partial charge in [0.1, 0.15) is 0 Å². The van der Waals surface area contributed by atoms with Gasteiger partial charge in [-0.1, -0.05) is 6.07 Å². The van der Waals surface area contributed by atoms with E-state index >= 15 is 0 Å². The van der Waals surface area contributed by atoms with Gasteiger partial charge >= 0.3 is 6.18 Å². The molecular formula is C19H19F3N2O2. The van der Waals surface area contributed by atoms with Crippen molar-refractivity contribution in [1.82, 2.24) is 5.32 Å². The molecule has 138 valence electrons. The van der Waals surface area contributed by atoms with Gasteiger partial charge < -0.3 is 10.6 Å². The molecule has 0 saturated heterocycles. The van der Waals surface area contributed by atoms with Gasteiger partial charge in [0.15, 0.2) is 0 Å². The van der Waals surface area contributed by atoms with E-state index in [0.29, 0.717) is 5.56 Å². The van der Waals surface area contributed by atoms with Gasteiger partial charge in [-0.3, -0.25) is 9.59 Å². The largest absolute Gasteiger partial charge is 0.416 e. The van der Waals surface area contributed by atoms with E-state index in [4.69, 9.17) is 0 Å². The molecule has 2 aromatic carbocycles. The molecule has 0 unspecified atom stereocenters. The fourth-order valence-corrected chi connectivity index (χ4v) is 2.16. The number of benzene rings is 2. The number of carbonyl (C=O) groups is 2. The summed E-state index contributed by atoms with van der Waals surface area (Å²) >= 11 is 0. The van der Waals surface area contributed by atoms with E-state index in [0.717, 1.165) is 12.1 Å². The average molecular weight is 364 g/mol. The Morgan fingerprint density at radius 2 is 1.38 bits per heavy atom. The molecule has 0 aliphatic heterocycles. The first-order chi connectivity index (χ1) is 12.0. The Kier molecular flexibility index (Phi) is 5.39. The van der Waals surface area contributed by atoms with E-state index in [9.17, 15) is 22.8 Å². The van der Waals surface area contributed by atoms with E-state index < -0.39 is 23.2 Å². The molecule has 0 spiro atoms. The van der Waals surface area contributed by atoms with Crippen molar-refractivity contribution < 1.29 is 22.8 Å². The molecule has 2 N–H and O–H groups in total. The lowest BCUT2D eigenvalue weighted by molar-refractivity contribution is -0.137. The number of rotatable bonds is 3. The van der Waals surface area contributed by atoms with Gasteiger partial charge in [-0.25, -0.2) is 0 Å². The van der Waals surface area contributed by atoms with Crippen molar-refractivity contribution in [2.24, 2.45) is 0 Å². The van der Waals surface area contributed by atoms with Crippen LogP contribution in [0.2, 0.25) is 0 Å². The van der Waals surface area contributed by atoms with Crippen molar-refractivity contribution in [3.05, 3.63) is 65.2 Å². The zero-order chi connectivity index (χ0) is 19.5. The molecule has 0 fully saturated rings. The van der Waals surface area contributed by atoms with Crippen LogP contribution in [-0.4, -0.2) is 17.4 Å². The SMILES string of the molecule is CC(C)(C)NC(=O)c1ccc(C(=O)Nc2cccc(C(F)(F)F)c2)cc1. The summed E-state index contributed by atoms with van der Waals surface area (Å²) < 4.78 is 38.1. The highest BCUT2D eigenvalue weighted by molar-refractivity contribution is 6.05. The second-order valence-electron chi connectivity index (χ2n) is 6.81. The normalized spacial score (nSPS) is 11.8. The minimum Gasteiger partial charge on any atom is -0.347 e. The third kappa shape index (κ3) is 5.34. The van der Waals surface area contributed by atoms with E-state index in [2.05, 4.69) is 10.6 Å². The highest BCUT2D eigenvalue weighted by Gasteiger charge is 2.30. The van der Waals surface area contributed by atoms with Gasteiger partial charge in [-0.05, 0) is 63.2 Å². The number of nitrogens with one attached hydrogen (secondary N) is 2. The van der Waals surface area contributed by atoms with E-state index in [1.165, 1.54) is 36.4 Å². The molecule has 2 amide bonds. The molecule has 0 heterocycles. The van der Waals surface area contributed by atoms with Crippen LogP contribution < -0.4 is 10.6 Å². The molecule has 0 saturated carbocycles. The van der Waals surface area contributed by atoms with Crippen LogP contribution in [0.5, 0.6) is 0 Å². The highest BCUT2D eigenvalue weighted by Crippen LogP contribution is 2.30. The molecule has 2 aromatic rings. The van der Waals surface area contributed by atoms with E-state index in [1.54, 1.807) is 0 Å². The van der Waals surface area contributed by atoms with Gasteiger partial charge in [0.25, 0.3) is 11.8 Å². The monoisotopic (exact) mass is 364 g/mol. The van der Waals surface area contributed by atoms with E-state index in [-0.39, 0.29) is 17.2 Å². The first-order valence-corrected chi connectivity index (χ1v) is 7.87. The van der Waals surface area contributed by atoms with Crippen LogP contribution in [0.4, 0.5) is 18.9 Å². The number of amides is 2. The fraction of sp³-hybridized carbons (Fsp3) is 0.263. The summed E-state index contributed by atoms with van der Waals surface area (Å²) in [6.07, 6.45) is -4.48. The first kappa shape index (κ1) is 19.5. The average Bonchev–Trinajstić information content (AvgIpc) is 2.53. The number of alkyl halides is 3. The molecule has 7 heteroatoms. The molecule has 0 aliphatic carbocycles. The maximum atomic E-state index is 12.7. The van der Waals surface area contributed by atoms with Crippen molar-refractivity contribution in [1.29, 1.82) is 0 Å². The topological polar surface area (TPSA) is 58.2 Å². The summed E-state index contributed by atoms with van der Waals surface area (Å²) in [5.41, 5.74) is -0.578. The number of hydrogen-bond donors (Lipinski definition) is 2. The van der Waals surface area contributed by atoms with Gasteiger partial charge in [0.2, 0.25) is 0 Å². The van der Waals surface area contributed by atoms with Gasteiger partial charge in [-0.2, -0.15) is 13.2 Å². The van der Waals surface area contributed by atoms with Crippen molar-refractivity contribution >= 4 is 17.5 Å². The molecule has 26 heavy (non-hydrogen) atoms. The Balaban J connectivity index is 2.10. The van der Waals surface area contributed by atoms with Crippen molar-refractivity contribution in [2.75, 3.05) is 5.32 Å². The Morgan fingerprint density at radius 1 is 0.846 bits per heavy atom. The number of anilines is 1. The number of halogens is 3. The molecule has 0 aromatic heterocycles. The lowest BCUT2D eigenvalue weighted by atomic mass is 10.1. The zero-order valence-corrected chi connectivity index (χ0v) is 14.6. The highest BCUT2D eigenvalue weighted by atomic mass is 19.4. The molecule has 0 bridgehead atoms. The third-order valence-electron chi connectivity index (χ3n) is 3.35. The fourth-order valence-electron chi connectivity index (χ4n) is 2.16. The number of carbonyl (C=O) groups excluding carboxylic acids is 2. The Morgan fingerprint density at radius 3 is 1.88 bits per heavy atom. The third-order valence-corrected chi connectivity index (χ3v) is 3.35. The summed E-state index contributed by atoms with van der Waals surface area (Å²) in [4.78, 5) is 24.2. The van der Waals surface area contributed by atoms with Crippen molar-refractivity contribution in [3.63, 3.8) is 0 Å². The van der Waals surface area contributed by atoms with Crippen LogP contribution in [0.1, 0.15) is 47.1 Å².